The number of anilines is 1. The maximum atomic E-state index is 13.2. The number of nitrogens with one attached hydrogen (secondary N) is 1. The smallest absolute Gasteiger partial charge is 0.252 e. The highest BCUT2D eigenvalue weighted by atomic mass is 19.1. The molecule has 0 fully saturated rings. The lowest BCUT2D eigenvalue weighted by Crippen LogP contribution is -2.14. The Bertz CT molecular complexity index is 701. The molecule has 21 heavy (non-hydrogen) atoms. The number of carbonyl (C=O) groups excluding carboxylic acids is 1. The summed E-state index contributed by atoms with van der Waals surface area (Å²) >= 11 is 0. The van der Waals surface area contributed by atoms with Crippen LogP contribution < -0.4 is 15.8 Å². The van der Waals surface area contributed by atoms with E-state index in [1.807, 2.05) is 18.2 Å². The Labute approximate surface area is 121 Å². The molecule has 0 radical (unpaired) electrons. The maximum absolute atomic E-state index is 13.2. The minimum atomic E-state index is -0.720. The van der Waals surface area contributed by atoms with Crippen molar-refractivity contribution in [3.63, 3.8) is 0 Å². The summed E-state index contributed by atoms with van der Waals surface area (Å²) in [5.41, 5.74) is 7.39. The number of nitrogens with two attached hydrogens (primary N) is 1. The Hall–Kier alpha value is -2.56. The molecule has 1 aliphatic heterocycles. The van der Waals surface area contributed by atoms with Gasteiger partial charge in [0.1, 0.15) is 11.6 Å². The first kappa shape index (κ1) is 13.4. The van der Waals surface area contributed by atoms with Gasteiger partial charge in [-0.25, -0.2) is 4.39 Å². The van der Waals surface area contributed by atoms with Gasteiger partial charge in [0, 0.05) is 6.54 Å². The number of primary amides is 1. The van der Waals surface area contributed by atoms with Gasteiger partial charge in [-0.05, 0) is 42.7 Å². The van der Waals surface area contributed by atoms with E-state index in [1.54, 1.807) is 0 Å². The van der Waals surface area contributed by atoms with Crippen molar-refractivity contribution >= 4 is 11.6 Å². The number of hydrogen-bond donors (Lipinski definition) is 2. The van der Waals surface area contributed by atoms with Crippen LogP contribution in [0.1, 0.15) is 22.3 Å². The monoisotopic (exact) mass is 286 g/mol. The highest BCUT2D eigenvalue weighted by Crippen LogP contribution is 2.36. The van der Waals surface area contributed by atoms with E-state index in [0.717, 1.165) is 31.1 Å². The summed E-state index contributed by atoms with van der Waals surface area (Å²) in [5, 5.41) is 3.30. The predicted octanol–water partition coefficient (Wildman–Crippen LogP) is 3.08. The predicted molar refractivity (Wildman–Crippen MR) is 78.2 cm³/mol. The van der Waals surface area contributed by atoms with Gasteiger partial charge in [0.25, 0.3) is 5.91 Å². The largest absolute Gasteiger partial charge is 0.454 e. The van der Waals surface area contributed by atoms with Crippen LogP contribution in [0.15, 0.2) is 36.4 Å². The molecule has 1 amide bonds. The number of para-hydroxylation sites is 1. The van der Waals surface area contributed by atoms with Gasteiger partial charge in [-0.2, -0.15) is 0 Å². The highest BCUT2D eigenvalue weighted by Gasteiger charge is 2.17. The molecule has 3 rings (SSSR count). The fourth-order valence-corrected chi connectivity index (χ4v) is 2.47. The molecular formula is C16H15FN2O2. The van der Waals surface area contributed by atoms with Crippen molar-refractivity contribution in [3.05, 3.63) is 53.3 Å². The van der Waals surface area contributed by atoms with E-state index in [-0.39, 0.29) is 11.3 Å². The number of fused-ring (bicyclic) bond motifs is 1. The molecular weight excluding hydrogens is 271 g/mol. The molecule has 0 saturated heterocycles. The number of carbonyl (C=O) groups is 1. The molecule has 0 bridgehead atoms. The zero-order valence-electron chi connectivity index (χ0n) is 11.4. The molecule has 0 atom stereocenters. The van der Waals surface area contributed by atoms with Gasteiger partial charge in [0.05, 0.1) is 11.3 Å². The number of benzene rings is 2. The van der Waals surface area contributed by atoms with E-state index in [2.05, 4.69) is 5.32 Å². The number of rotatable bonds is 3. The van der Waals surface area contributed by atoms with E-state index < -0.39 is 11.7 Å². The number of aryl methyl sites for hydroxylation is 1. The number of ether oxygens (including phenoxy) is 1. The van der Waals surface area contributed by atoms with Crippen LogP contribution in [0, 0.1) is 5.82 Å². The topological polar surface area (TPSA) is 64.4 Å². The lowest BCUT2D eigenvalue weighted by atomic mass is 10.0. The minimum Gasteiger partial charge on any atom is -0.454 e. The Balaban J connectivity index is 2.00. The van der Waals surface area contributed by atoms with E-state index in [0.29, 0.717) is 5.75 Å². The third-order valence-electron chi connectivity index (χ3n) is 3.46. The van der Waals surface area contributed by atoms with Crippen LogP contribution in [0.25, 0.3) is 0 Å². The molecule has 2 aromatic carbocycles. The second-order valence-electron chi connectivity index (χ2n) is 4.93. The summed E-state index contributed by atoms with van der Waals surface area (Å²) in [6, 6.07) is 9.48. The van der Waals surface area contributed by atoms with E-state index in [9.17, 15) is 9.18 Å². The quantitative estimate of drug-likeness (QED) is 0.911. The number of amides is 1. The van der Waals surface area contributed by atoms with Crippen molar-refractivity contribution in [3.8, 4) is 11.5 Å². The van der Waals surface area contributed by atoms with Crippen molar-refractivity contribution in [1.29, 1.82) is 0 Å². The van der Waals surface area contributed by atoms with E-state index >= 15 is 0 Å². The van der Waals surface area contributed by atoms with Crippen LogP contribution in [-0.4, -0.2) is 12.5 Å². The molecule has 1 heterocycles. The SMILES string of the molecule is NC(=O)c1cc(F)ccc1Oc1cccc2c1NCCC2. The minimum absolute atomic E-state index is 0.0309. The van der Waals surface area contributed by atoms with Gasteiger partial charge >= 0.3 is 0 Å². The summed E-state index contributed by atoms with van der Waals surface area (Å²) in [5.74, 6) is -0.377. The van der Waals surface area contributed by atoms with Crippen LogP contribution in [-0.2, 0) is 6.42 Å². The van der Waals surface area contributed by atoms with Crippen LogP contribution in [0.5, 0.6) is 11.5 Å². The average molecular weight is 286 g/mol. The second-order valence-corrected chi connectivity index (χ2v) is 4.93. The molecule has 0 saturated carbocycles. The number of halogens is 1. The standard InChI is InChI=1S/C16H15FN2O2/c17-11-6-7-13(12(9-11)16(18)20)21-14-5-1-3-10-4-2-8-19-15(10)14/h1,3,5-7,9,19H,2,4,8H2,(H2,18,20). The lowest BCUT2D eigenvalue weighted by molar-refractivity contribution is 0.0997. The third kappa shape index (κ3) is 2.67. The zero-order valence-corrected chi connectivity index (χ0v) is 11.4. The normalized spacial score (nSPS) is 13.2. The van der Waals surface area contributed by atoms with Gasteiger partial charge in [-0.15, -0.1) is 0 Å². The highest BCUT2D eigenvalue weighted by molar-refractivity contribution is 5.95. The summed E-state index contributed by atoms with van der Waals surface area (Å²) in [7, 11) is 0. The van der Waals surface area contributed by atoms with E-state index in [1.165, 1.54) is 17.7 Å². The summed E-state index contributed by atoms with van der Waals surface area (Å²) in [6.07, 6.45) is 2.05. The zero-order chi connectivity index (χ0) is 14.8. The Kier molecular flexibility index (Phi) is 3.48. The fraction of sp³-hybridized carbons (Fsp3) is 0.188. The number of hydrogen-bond acceptors (Lipinski definition) is 3. The molecule has 3 N–H and O–H groups in total. The van der Waals surface area contributed by atoms with Crippen molar-refractivity contribution in [2.24, 2.45) is 5.73 Å². The fourth-order valence-electron chi connectivity index (χ4n) is 2.47. The van der Waals surface area contributed by atoms with Crippen molar-refractivity contribution in [1.82, 2.24) is 0 Å². The molecule has 4 nitrogen and oxygen atoms in total. The molecule has 0 aromatic heterocycles. The van der Waals surface area contributed by atoms with Gasteiger partial charge in [-0.1, -0.05) is 12.1 Å². The second kappa shape index (κ2) is 5.44. The first-order valence-corrected chi connectivity index (χ1v) is 6.78. The summed E-state index contributed by atoms with van der Waals surface area (Å²) in [4.78, 5) is 11.4. The Morgan fingerprint density at radius 3 is 2.90 bits per heavy atom. The lowest BCUT2D eigenvalue weighted by Gasteiger charge is -2.21. The van der Waals surface area contributed by atoms with Gasteiger partial charge in [0.15, 0.2) is 5.75 Å². The van der Waals surface area contributed by atoms with Crippen LogP contribution in [0.4, 0.5) is 10.1 Å². The molecule has 108 valence electrons. The van der Waals surface area contributed by atoms with E-state index in [4.69, 9.17) is 10.5 Å². The van der Waals surface area contributed by atoms with Crippen molar-refractivity contribution in [2.75, 3.05) is 11.9 Å². The average Bonchev–Trinajstić information content (AvgIpc) is 2.49. The van der Waals surface area contributed by atoms with Crippen molar-refractivity contribution in [2.45, 2.75) is 12.8 Å². The first-order valence-electron chi connectivity index (χ1n) is 6.78. The molecule has 0 unspecified atom stereocenters. The summed E-state index contributed by atoms with van der Waals surface area (Å²) in [6.45, 7) is 0.874. The molecule has 0 spiro atoms. The Morgan fingerprint density at radius 2 is 2.10 bits per heavy atom. The van der Waals surface area contributed by atoms with Crippen LogP contribution in [0.3, 0.4) is 0 Å². The maximum Gasteiger partial charge on any atom is 0.252 e. The molecule has 0 aliphatic carbocycles. The third-order valence-corrected chi connectivity index (χ3v) is 3.46. The molecule has 5 heteroatoms. The van der Waals surface area contributed by atoms with Gasteiger partial charge in [-0.3, -0.25) is 4.79 Å². The molecule has 1 aliphatic rings. The van der Waals surface area contributed by atoms with Gasteiger partial charge < -0.3 is 15.8 Å². The van der Waals surface area contributed by atoms with Crippen LogP contribution in [0.2, 0.25) is 0 Å². The molecule has 2 aromatic rings. The first-order chi connectivity index (χ1) is 10.1. The Morgan fingerprint density at radius 1 is 1.24 bits per heavy atom. The summed E-state index contributed by atoms with van der Waals surface area (Å²) < 4.78 is 19.0. The van der Waals surface area contributed by atoms with Gasteiger partial charge in [0.2, 0.25) is 0 Å². The van der Waals surface area contributed by atoms with Crippen LogP contribution >= 0.6 is 0 Å². The van der Waals surface area contributed by atoms with Crippen molar-refractivity contribution < 1.29 is 13.9 Å².